The Balaban J connectivity index is 2.24. The standard InChI is InChI=1S/C10H11BrN2/c11-10-4-3-9(7-13-10)8-2-1-5-12-6-8/h2-4,7,12H,1,5-6H2. The van der Waals surface area contributed by atoms with Crippen LogP contribution in [-0.2, 0) is 0 Å². The summed E-state index contributed by atoms with van der Waals surface area (Å²) in [5.74, 6) is 0. The maximum Gasteiger partial charge on any atom is 0.106 e. The van der Waals surface area contributed by atoms with E-state index in [1.807, 2.05) is 12.3 Å². The first-order chi connectivity index (χ1) is 6.36. The van der Waals surface area contributed by atoms with Gasteiger partial charge in [0.15, 0.2) is 0 Å². The van der Waals surface area contributed by atoms with E-state index in [4.69, 9.17) is 0 Å². The molecule has 0 aromatic carbocycles. The number of hydrogen-bond acceptors (Lipinski definition) is 2. The third kappa shape index (κ3) is 2.17. The van der Waals surface area contributed by atoms with Crippen molar-refractivity contribution in [3.8, 4) is 0 Å². The van der Waals surface area contributed by atoms with E-state index < -0.39 is 0 Å². The van der Waals surface area contributed by atoms with Gasteiger partial charge in [-0.1, -0.05) is 12.1 Å². The number of nitrogens with zero attached hydrogens (tertiary/aromatic N) is 1. The summed E-state index contributed by atoms with van der Waals surface area (Å²) in [4.78, 5) is 4.20. The van der Waals surface area contributed by atoms with E-state index in [2.05, 4.69) is 38.4 Å². The van der Waals surface area contributed by atoms with Gasteiger partial charge < -0.3 is 5.32 Å². The number of rotatable bonds is 1. The fourth-order valence-corrected chi connectivity index (χ4v) is 1.66. The molecule has 1 N–H and O–H groups in total. The van der Waals surface area contributed by atoms with Crippen molar-refractivity contribution < 1.29 is 0 Å². The quantitative estimate of drug-likeness (QED) is 0.760. The van der Waals surface area contributed by atoms with E-state index in [1.54, 1.807) is 0 Å². The smallest absolute Gasteiger partial charge is 0.106 e. The van der Waals surface area contributed by atoms with E-state index in [-0.39, 0.29) is 0 Å². The molecule has 0 aliphatic carbocycles. The molecule has 1 aliphatic rings. The largest absolute Gasteiger partial charge is 0.312 e. The highest BCUT2D eigenvalue weighted by Crippen LogP contribution is 2.17. The molecule has 0 unspecified atom stereocenters. The van der Waals surface area contributed by atoms with Gasteiger partial charge in [-0.2, -0.15) is 0 Å². The van der Waals surface area contributed by atoms with Crippen molar-refractivity contribution in [2.24, 2.45) is 0 Å². The first-order valence-electron chi connectivity index (χ1n) is 4.38. The van der Waals surface area contributed by atoms with Crippen LogP contribution in [0.2, 0.25) is 0 Å². The molecule has 0 radical (unpaired) electrons. The molecular weight excluding hydrogens is 228 g/mol. The Kier molecular flexibility index (Phi) is 2.76. The zero-order valence-electron chi connectivity index (χ0n) is 7.26. The Labute approximate surface area is 86.2 Å². The number of halogens is 1. The minimum absolute atomic E-state index is 0.889. The Bertz CT molecular complexity index is 316. The molecule has 0 saturated carbocycles. The van der Waals surface area contributed by atoms with Crippen molar-refractivity contribution in [3.05, 3.63) is 34.6 Å². The zero-order valence-corrected chi connectivity index (χ0v) is 8.84. The van der Waals surface area contributed by atoms with Crippen LogP contribution in [0.15, 0.2) is 29.0 Å². The molecule has 0 atom stereocenters. The summed E-state index contributed by atoms with van der Waals surface area (Å²) in [7, 11) is 0. The van der Waals surface area contributed by atoms with Crippen LogP contribution in [0.3, 0.4) is 0 Å². The normalized spacial score (nSPS) is 16.8. The predicted molar refractivity (Wildman–Crippen MR) is 57.4 cm³/mol. The zero-order chi connectivity index (χ0) is 9.10. The summed E-state index contributed by atoms with van der Waals surface area (Å²) in [6, 6.07) is 4.07. The molecule has 0 spiro atoms. The lowest BCUT2D eigenvalue weighted by Gasteiger charge is -2.13. The monoisotopic (exact) mass is 238 g/mol. The molecule has 0 bridgehead atoms. The van der Waals surface area contributed by atoms with Crippen LogP contribution in [0.5, 0.6) is 0 Å². The van der Waals surface area contributed by atoms with Crippen molar-refractivity contribution >= 4 is 21.5 Å². The Morgan fingerprint density at radius 3 is 2.92 bits per heavy atom. The fraction of sp³-hybridized carbons (Fsp3) is 0.300. The van der Waals surface area contributed by atoms with Crippen molar-refractivity contribution in [3.63, 3.8) is 0 Å². The van der Waals surface area contributed by atoms with Gasteiger partial charge in [0.05, 0.1) is 0 Å². The van der Waals surface area contributed by atoms with Crippen LogP contribution in [0, 0.1) is 0 Å². The summed E-state index contributed by atoms with van der Waals surface area (Å²) in [5.41, 5.74) is 2.57. The van der Waals surface area contributed by atoms with Crippen molar-refractivity contribution in [2.75, 3.05) is 13.1 Å². The molecule has 1 aromatic heterocycles. The lowest BCUT2D eigenvalue weighted by atomic mass is 10.0. The van der Waals surface area contributed by atoms with E-state index in [0.717, 1.165) is 24.1 Å². The Hall–Kier alpha value is -0.670. The summed E-state index contributed by atoms with van der Waals surface area (Å²) in [6.07, 6.45) is 5.30. The van der Waals surface area contributed by atoms with Gasteiger partial charge in [-0.15, -0.1) is 0 Å². The van der Waals surface area contributed by atoms with E-state index in [0.29, 0.717) is 0 Å². The first-order valence-corrected chi connectivity index (χ1v) is 5.17. The maximum absolute atomic E-state index is 4.20. The summed E-state index contributed by atoms with van der Waals surface area (Å²) in [5, 5.41) is 3.34. The average Bonchev–Trinajstić information content (AvgIpc) is 2.20. The van der Waals surface area contributed by atoms with Crippen molar-refractivity contribution in [1.82, 2.24) is 10.3 Å². The van der Waals surface area contributed by atoms with Gasteiger partial charge in [0.1, 0.15) is 4.60 Å². The number of nitrogens with one attached hydrogen (secondary N) is 1. The van der Waals surface area contributed by atoms with Gasteiger partial charge in [0.2, 0.25) is 0 Å². The predicted octanol–water partition coefficient (Wildman–Crippen LogP) is 2.22. The molecule has 13 heavy (non-hydrogen) atoms. The van der Waals surface area contributed by atoms with Crippen LogP contribution < -0.4 is 5.32 Å². The Morgan fingerprint density at radius 1 is 1.38 bits per heavy atom. The second kappa shape index (κ2) is 4.03. The highest BCUT2D eigenvalue weighted by Gasteiger charge is 2.04. The molecule has 1 aromatic rings. The van der Waals surface area contributed by atoms with Gasteiger partial charge in [0, 0.05) is 12.7 Å². The summed E-state index contributed by atoms with van der Waals surface area (Å²) < 4.78 is 0.889. The van der Waals surface area contributed by atoms with Crippen LogP contribution in [-0.4, -0.2) is 18.1 Å². The highest BCUT2D eigenvalue weighted by atomic mass is 79.9. The lowest BCUT2D eigenvalue weighted by Crippen LogP contribution is -2.21. The van der Waals surface area contributed by atoms with Crippen LogP contribution >= 0.6 is 15.9 Å². The van der Waals surface area contributed by atoms with Crippen molar-refractivity contribution in [2.45, 2.75) is 6.42 Å². The van der Waals surface area contributed by atoms with Gasteiger partial charge in [-0.3, -0.25) is 0 Å². The average molecular weight is 239 g/mol. The fourth-order valence-electron chi connectivity index (χ4n) is 1.43. The second-order valence-corrected chi connectivity index (χ2v) is 3.88. The molecule has 2 rings (SSSR count). The summed E-state index contributed by atoms with van der Waals surface area (Å²) >= 11 is 3.32. The molecule has 1 aliphatic heterocycles. The number of aromatic nitrogens is 1. The van der Waals surface area contributed by atoms with Gasteiger partial charge in [-0.25, -0.2) is 4.98 Å². The third-order valence-corrected chi connectivity index (χ3v) is 2.59. The van der Waals surface area contributed by atoms with E-state index in [9.17, 15) is 0 Å². The van der Waals surface area contributed by atoms with Crippen LogP contribution in [0.4, 0.5) is 0 Å². The van der Waals surface area contributed by atoms with Crippen LogP contribution in [0.1, 0.15) is 12.0 Å². The van der Waals surface area contributed by atoms with Gasteiger partial charge in [-0.05, 0) is 46.1 Å². The molecule has 0 saturated heterocycles. The van der Waals surface area contributed by atoms with Gasteiger partial charge in [0.25, 0.3) is 0 Å². The third-order valence-electron chi connectivity index (χ3n) is 2.13. The van der Waals surface area contributed by atoms with E-state index >= 15 is 0 Å². The summed E-state index contributed by atoms with van der Waals surface area (Å²) in [6.45, 7) is 2.05. The molecule has 0 amide bonds. The first kappa shape index (κ1) is 8.91. The molecule has 68 valence electrons. The Morgan fingerprint density at radius 2 is 2.31 bits per heavy atom. The topological polar surface area (TPSA) is 24.9 Å². The molecule has 0 fully saturated rings. The molecule has 3 heteroatoms. The van der Waals surface area contributed by atoms with Gasteiger partial charge >= 0.3 is 0 Å². The molecule has 2 heterocycles. The molecular formula is C10H11BrN2. The van der Waals surface area contributed by atoms with Crippen LogP contribution in [0.25, 0.3) is 5.57 Å². The second-order valence-electron chi connectivity index (χ2n) is 3.06. The maximum atomic E-state index is 4.20. The number of pyridine rings is 1. The molecule has 2 nitrogen and oxygen atoms in total. The minimum Gasteiger partial charge on any atom is -0.312 e. The minimum atomic E-state index is 0.889. The van der Waals surface area contributed by atoms with Crippen molar-refractivity contribution in [1.29, 1.82) is 0 Å². The SMILES string of the molecule is Brc1ccc(C2=CCCNC2)cn1. The number of hydrogen-bond donors (Lipinski definition) is 1. The van der Waals surface area contributed by atoms with E-state index in [1.165, 1.54) is 11.1 Å². The lowest BCUT2D eigenvalue weighted by molar-refractivity contribution is 0.739. The highest BCUT2D eigenvalue weighted by molar-refractivity contribution is 9.10.